The van der Waals surface area contributed by atoms with Crippen molar-refractivity contribution in [2.45, 2.75) is 33.2 Å². The first kappa shape index (κ1) is 15.9. The molecular weight excluding hydrogens is 238 g/mol. The Morgan fingerprint density at radius 3 is 2.74 bits per heavy atom. The minimum atomic E-state index is 0.308. The van der Waals surface area contributed by atoms with E-state index in [1.165, 1.54) is 0 Å². The summed E-state index contributed by atoms with van der Waals surface area (Å²) in [5, 5.41) is 3.44. The fraction of sp³-hybridized carbons (Fsp3) is 0.667. The van der Waals surface area contributed by atoms with Gasteiger partial charge in [0.1, 0.15) is 0 Å². The van der Waals surface area contributed by atoms with Crippen LogP contribution in [-0.4, -0.2) is 38.3 Å². The average Bonchev–Trinajstić information content (AvgIpc) is 2.45. The van der Waals surface area contributed by atoms with E-state index < -0.39 is 0 Å². The van der Waals surface area contributed by atoms with E-state index in [4.69, 9.17) is 4.74 Å². The molecule has 1 aromatic heterocycles. The van der Waals surface area contributed by atoms with Gasteiger partial charge in [-0.2, -0.15) is 0 Å². The van der Waals surface area contributed by atoms with Crippen molar-refractivity contribution in [3.8, 4) is 0 Å². The minimum absolute atomic E-state index is 0.308. The van der Waals surface area contributed by atoms with Gasteiger partial charge >= 0.3 is 0 Å². The molecule has 4 heteroatoms. The van der Waals surface area contributed by atoms with E-state index in [0.29, 0.717) is 6.04 Å². The van der Waals surface area contributed by atoms with Crippen LogP contribution in [0.15, 0.2) is 18.3 Å². The van der Waals surface area contributed by atoms with Gasteiger partial charge in [-0.05, 0) is 38.9 Å². The molecule has 108 valence electrons. The summed E-state index contributed by atoms with van der Waals surface area (Å²) < 4.78 is 5.36. The number of hydrogen-bond acceptors (Lipinski definition) is 4. The molecule has 0 radical (unpaired) electrons. The molecule has 1 N–H and O–H groups in total. The molecule has 0 amide bonds. The van der Waals surface area contributed by atoms with Gasteiger partial charge in [0, 0.05) is 26.2 Å². The first-order valence-electron chi connectivity index (χ1n) is 7.17. The molecular formula is C15H27N3O. The number of hydrogen-bond donors (Lipinski definition) is 1. The first-order valence-corrected chi connectivity index (χ1v) is 7.17. The fourth-order valence-electron chi connectivity index (χ4n) is 1.82. The predicted octanol–water partition coefficient (Wildman–Crippen LogP) is 2.61. The normalized spacial score (nSPS) is 12.4. The van der Waals surface area contributed by atoms with Gasteiger partial charge in [0.25, 0.3) is 0 Å². The topological polar surface area (TPSA) is 37.4 Å². The summed E-state index contributed by atoms with van der Waals surface area (Å²) in [6, 6.07) is 4.53. The van der Waals surface area contributed by atoms with Crippen molar-refractivity contribution < 1.29 is 4.74 Å². The summed E-state index contributed by atoms with van der Waals surface area (Å²) in [6.07, 6.45) is 3.08. The van der Waals surface area contributed by atoms with E-state index in [0.717, 1.165) is 44.1 Å². The van der Waals surface area contributed by atoms with Gasteiger partial charge in [-0.1, -0.05) is 6.92 Å². The Morgan fingerprint density at radius 1 is 1.37 bits per heavy atom. The van der Waals surface area contributed by atoms with Gasteiger partial charge in [-0.25, -0.2) is 0 Å². The highest BCUT2D eigenvalue weighted by Crippen LogP contribution is 2.15. The van der Waals surface area contributed by atoms with Crippen LogP contribution < -0.4 is 10.2 Å². The molecule has 0 aliphatic rings. The lowest BCUT2D eigenvalue weighted by molar-refractivity contribution is 0.154. The van der Waals surface area contributed by atoms with E-state index in [-0.39, 0.29) is 0 Å². The molecule has 1 heterocycles. The maximum atomic E-state index is 5.36. The van der Waals surface area contributed by atoms with Crippen LogP contribution in [0.4, 0.5) is 5.69 Å². The zero-order valence-corrected chi connectivity index (χ0v) is 12.6. The Hall–Kier alpha value is -1.13. The van der Waals surface area contributed by atoms with Crippen LogP contribution in [0.25, 0.3) is 0 Å². The summed E-state index contributed by atoms with van der Waals surface area (Å²) in [7, 11) is 2.06. The highest BCUT2D eigenvalue weighted by Gasteiger charge is 2.07. The molecule has 1 unspecified atom stereocenters. The molecule has 19 heavy (non-hydrogen) atoms. The number of likely N-dealkylation sites (N-methyl/N-ethyl adjacent to an activating group) is 1. The molecule has 4 nitrogen and oxygen atoms in total. The quantitative estimate of drug-likeness (QED) is 0.696. The van der Waals surface area contributed by atoms with Crippen LogP contribution in [0.3, 0.4) is 0 Å². The molecule has 0 fully saturated rings. The SMILES string of the molecule is CCCNC(C)c1ccc(N(C)CCOCC)cn1. The Kier molecular flexibility index (Phi) is 7.45. The predicted molar refractivity (Wildman–Crippen MR) is 80.7 cm³/mol. The maximum Gasteiger partial charge on any atom is 0.0641 e. The number of anilines is 1. The number of nitrogens with zero attached hydrogens (tertiary/aromatic N) is 2. The van der Waals surface area contributed by atoms with Gasteiger partial charge in [-0.15, -0.1) is 0 Å². The van der Waals surface area contributed by atoms with Crippen molar-refractivity contribution in [1.82, 2.24) is 10.3 Å². The summed E-state index contributed by atoms with van der Waals surface area (Å²) >= 11 is 0. The van der Waals surface area contributed by atoms with E-state index in [1.807, 2.05) is 13.1 Å². The summed E-state index contributed by atoms with van der Waals surface area (Å²) in [4.78, 5) is 6.70. The van der Waals surface area contributed by atoms with E-state index in [1.54, 1.807) is 0 Å². The monoisotopic (exact) mass is 265 g/mol. The lowest BCUT2D eigenvalue weighted by Gasteiger charge is -2.20. The second-order valence-corrected chi connectivity index (χ2v) is 4.74. The Bertz CT molecular complexity index is 340. The molecule has 0 aliphatic heterocycles. The third-order valence-corrected chi connectivity index (χ3v) is 3.13. The smallest absolute Gasteiger partial charge is 0.0641 e. The van der Waals surface area contributed by atoms with Crippen LogP contribution in [-0.2, 0) is 4.74 Å². The number of pyridine rings is 1. The zero-order valence-electron chi connectivity index (χ0n) is 12.6. The number of ether oxygens (including phenoxy) is 1. The van der Waals surface area contributed by atoms with Crippen LogP contribution in [0.5, 0.6) is 0 Å². The van der Waals surface area contributed by atoms with Gasteiger partial charge in [-0.3, -0.25) is 4.98 Å². The number of rotatable bonds is 9. The molecule has 1 atom stereocenters. The summed E-state index contributed by atoms with van der Waals surface area (Å²) in [5.74, 6) is 0. The van der Waals surface area contributed by atoms with Crippen LogP contribution in [0.2, 0.25) is 0 Å². The van der Waals surface area contributed by atoms with Crippen molar-refractivity contribution in [3.63, 3.8) is 0 Å². The number of nitrogens with one attached hydrogen (secondary N) is 1. The lowest BCUT2D eigenvalue weighted by Crippen LogP contribution is -2.23. The lowest BCUT2D eigenvalue weighted by atomic mass is 10.2. The standard InChI is InChI=1S/C15H27N3O/c1-5-9-16-13(3)15-8-7-14(12-17-15)18(4)10-11-19-6-2/h7-8,12-13,16H,5-6,9-11H2,1-4H3. The third-order valence-electron chi connectivity index (χ3n) is 3.13. The second-order valence-electron chi connectivity index (χ2n) is 4.74. The van der Waals surface area contributed by atoms with Crippen molar-refractivity contribution in [3.05, 3.63) is 24.0 Å². The zero-order chi connectivity index (χ0) is 14.1. The Morgan fingerprint density at radius 2 is 2.16 bits per heavy atom. The van der Waals surface area contributed by atoms with Crippen LogP contribution in [0.1, 0.15) is 38.9 Å². The molecule has 1 aromatic rings. The van der Waals surface area contributed by atoms with Gasteiger partial charge in [0.2, 0.25) is 0 Å². The largest absolute Gasteiger partial charge is 0.380 e. The summed E-state index contributed by atoms with van der Waals surface area (Å²) in [6.45, 7) is 9.77. The molecule has 0 saturated carbocycles. The summed E-state index contributed by atoms with van der Waals surface area (Å²) in [5.41, 5.74) is 2.22. The average molecular weight is 265 g/mol. The molecule has 0 aliphatic carbocycles. The van der Waals surface area contributed by atoms with Gasteiger partial charge < -0.3 is 15.0 Å². The van der Waals surface area contributed by atoms with E-state index in [9.17, 15) is 0 Å². The molecule has 0 saturated heterocycles. The minimum Gasteiger partial charge on any atom is -0.380 e. The third kappa shape index (κ3) is 5.57. The van der Waals surface area contributed by atoms with Gasteiger partial charge in [0.05, 0.1) is 24.2 Å². The highest BCUT2D eigenvalue weighted by molar-refractivity contribution is 5.43. The Labute approximate surface area is 117 Å². The highest BCUT2D eigenvalue weighted by atomic mass is 16.5. The second kappa shape index (κ2) is 8.88. The molecule has 0 aromatic carbocycles. The van der Waals surface area contributed by atoms with E-state index in [2.05, 4.69) is 48.2 Å². The fourth-order valence-corrected chi connectivity index (χ4v) is 1.82. The maximum absolute atomic E-state index is 5.36. The van der Waals surface area contributed by atoms with Crippen molar-refractivity contribution in [1.29, 1.82) is 0 Å². The number of aromatic nitrogens is 1. The van der Waals surface area contributed by atoms with Crippen molar-refractivity contribution >= 4 is 5.69 Å². The molecule has 1 rings (SSSR count). The van der Waals surface area contributed by atoms with Crippen molar-refractivity contribution in [2.75, 3.05) is 38.3 Å². The molecule has 0 spiro atoms. The van der Waals surface area contributed by atoms with E-state index >= 15 is 0 Å². The van der Waals surface area contributed by atoms with Crippen LogP contribution in [0, 0.1) is 0 Å². The van der Waals surface area contributed by atoms with Gasteiger partial charge in [0.15, 0.2) is 0 Å². The Balaban J connectivity index is 2.50. The van der Waals surface area contributed by atoms with Crippen molar-refractivity contribution in [2.24, 2.45) is 0 Å². The van der Waals surface area contributed by atoms with Crippen LogP contribution >= 0.6 is 0 Å². The molecule has 0 bridgehead atoms. The first-order chi connectivity index (χ1) is 9.19.